The molecule has 1 aliphatic heterocycles. The van der Waals surface area contributed by atoms with E-state index in [9.17, 15) is 16.8 Å². The summed E-state index contributed by atoms with van der Waals surface area (Å²) in [6.45, 7) is 5.89. The van der Waals surface area contributed by atoms with Gasteiger partial charge in [0.15, 0.2) is 0 Å². The van der Waals surface area contributed by atoms with Crippen LogP contribution >= 0.6 is 0 Å². The van der Waals surface area contributed by atoms with E-state index in [-0.39, 0.29) is 11.8 Å². The molecule has 1 aliphatic rings. The van der Waals surface area contributed by atoms with Crippen LogP contribution in [0.25, 0.3) is 0 Å². The summed E-state index contributed by atoms with van der Waals surface area (Å²) in [6, 6.07) is 5.20. The number of piperidine rings is 1. The molecule has 0 amide bonds. The first-order chi connectivity index (χ1) is 10.7. The summed E-state index contributed by atoms with van der Waals surface area (Å²) in [7, 11) is -6.79. The van der Waals surface area contributed by atoms with Gasteiger partial charge in [-0.2, -0.15) is 4.31 Å². The fourth-order valence-electron chi connectivity index (χ4n) is 2.68. The lowest BCUT2D eigenvalue weighted by Gasteiger charge is -2.31. The summed E-state index contributed by atoms with van der Waals surface area (Å²) in [6.07, 6.45) is 0.979. The summed E-state index contributed by atoms with van der Waals surface area (Å²) in [5.41, 5.74) is 1.63. The summed E-state index contributed by atoms with van der Waals surface area (Å²) in [4.78, 5) is 0.338. The second-order valence-corrected chi connectivity index (χ2v) is 9.92. The highest BCUT2D eigenvalue weighted by Crippen LogP contribution is 2.24. The van der Waals surface area contributed by atoms with Gasteiger partial charge in [-0.15, -0.1) is 0 Å². The average Bonchev–Trinajstić information content (AvgIpc) is 2.50. The van der Waals surface area contributed by atoms with E-state index in [2.05, 4.69) is 4.72 Å². The van der Waals surface area contributed by atoms with Crippen molar-refractivity contribution in [1.29, 1.82) is 0 Å². The van der Waals surface area contributed by atoms with Crippen molar-refractivity contribution >= 4 is 20.0 Å². The normalized spacial score (nSPS) is 18.2. The minimum absolute atomic E-state index is 0.0357. The van der Waals surface area contributed by atoms with Crippen molar-refractivity contribution in [3.05, 3.63) is 29.3 Å². The molecule has 0 aromatic heterocycles. The molecule has 6 nitrogen and oxygen atoms in total. The summed E-state index contributed by atoms with van der Waals surface area (Å²) in [5, 5.41) is 0. The van der Waals surface area contributed by atoms with E-state index >= 15 is 0 Å². The molecule has 1 N–H and O–H groups in total. The molecule has 130 valence electrons. The average molecular weight is 361 g/mol. The van der Waals surface area contributed by atoms with Crippen LogP contribution in [0.2, 0.25) is 0 Å². The van der Waals surface area contributed by atoms with Gasteiger partial charge >= 0.3 is 0 Å². The molecule has 1 aromatic carbocycles. The molecule has 0 unspecified atom stereocenters. The van der Waals surface area contributed by atoms with Crippen LogP contribution in [0.5, 0.6) is 0 Å². The molecule has 1 saturated heterocycles. The number of hydrogen-bond acceptors (Lipinski definition) is 4. The van der Waals surface area contributed by atoms with Crippen LogP contribution in [0.15, 0.2) is 23.1 Å². The monoisotopic (exact) mass is 360 g/mol. The molecule has 8 heteroatoms. The maximum absolute atomic E-state index is 12.8. The minimum Gasteiger partial charge on any atom is -0.212 e. The molecule has 1 heterocycles. The Bertz CT molecular complexity index is 765. The van der Waals surface area contributed by atoms with Gasteiger partial charge in [-0.1, -0.05) is 12.1 Å². The number of nitrogens with one attached hydrogen (secondary N) is 1. The van der Waals surface area contributed by atoms with Gasteiger partial charge in [-0.05, 0) is 50.8 Å². The van der Waals surface area contributed by atoms with Crippen LogP contribution < -0.4 is 4.72 Å². The molecular formula is C15H24N2O4S2. The molecule has 0 spiro atoms. The van der Waals surface area contributed by atoms with Gasteiger partial charge in [0.2, 0.25) is 20.0 Å². The lowest BCUT2D eigenvalue weighted by molar-refractivity contribution is 0.308. The number of sulfonamides is 2. The quantitative estimate of drug-likeness (QED) is 0.860. The SMILES string of the molecule is CCS(=O)(=O)NC1CCN(S(=O)(=O)c2cc(C)ccc2C)CC1. The maximum atomic E-state index is 12.8. The topological polar surface area (TPSA) is 83.6 Å². The van der Waals surface area contributed by atoms with E-state index < -0.39 is 20.0 Å². The molecule has 0 bridgehead atoms. The molecule has 0 atom stereocenters. The van der Waals surface area contributed by atoms with E-state index in [1.807, 2.05) is 19.1 Å². The lowest BCUT2D eigenvalue weighted by Crippen LogP contribution is -2.46. The van der Waals surface area contributed by atoms with Crippen LogP contribution in [0, 0.1) is 13.8 Å². The number of benzene rings is 1. The van der Waals surface area contributed by atoms with E-state index in [1.54, 1.807) is 19.9 Å². The van der Waals surface area contributed by atoms with Crippen LogP contribution in [0.4, 0.5) is 0 Å². The molecule has 2 rings (SSSR count). The highest BCUT2D eigenvalue weighted by atomic mass is 32.2. The fraction of sp³-hybridized carbons (Fsp3) is 0.600. The van der Waals surface area contributed by atoms with Crippen molar-refractivity contribution in [3.8, 4) is 0 Å². The molecule has 0 saturated carbocycles. The third-order valence-electron chi connectivity index (χ3n) is 4.14. The Balaban J connectivity index is 2.11. The van der Waals surface area contributed by atoms with Gasteiger partial charge in [0.25, 0.3) is 0 Å². The summed E-state index contributed by atoms with van der Waals surface area (Å²) < 4.78 is 52.9. The first kappa shape index (κ1) is 18.4. The predicted octanol–water partition coefficient (Wildman–Crippen LogP) is 1.40. The highest BCUT2D eigenvalue weighted by molar-refractivity contribution is 7.89. The largest absolute Gasteiger partial charge is 0.243 e. The van der Waals surface area contributed by atoms with Gasteiger partial charge in [-0.3, -0.25) is 0 Å². The molecule has 1 fully saturated rings. The van der Waals surface area contributed by atoms with Crippen molar-refractivity contribution in [3.63, 3.8) is 0 Å². The van der Waals surface area contributed by atoms with Gasteiger partial charge in [0.1, 0.15) is 0 Å². The Labute approximate surface area is 139 Å². The third-order valence-corrected chi connectivity index (χ3v) is 7.63. The smallest absolute Gasteiger partial charge is 0.212 e. The fourth-order valence-corrected chi connectivity index (χ4v) is 5.37. The third kappa shape index (κ3) is 4.32. The van der Waals surface area contributed by atoms with Gasteiger partial charge < -0.3 is 0 Å². The number of hydrogen-bond donors (Lipinski definition) is 1. The lowest BCUT2D eigenvalue weighted by atomic mass is 10.1. The van der Waals surface area contributed by atoms with E-state index in [0.717, 1.165) is 11.1 Å². The summed E-state index contributed by atoms with van der Waals surface area (Å²) >= 11 is 0. The van der Waals surface area contributed by atoms with Crippen LogP contribution in [0.1, 0.15) is 30.9 Å². The van der Waals surface area contributed by atoms with Crippen molar-refractivity contribution in [2.45, 2.75) is 44.6 Å². The van der Waals surface area contributed by atoms with Gasteiger partial charge in [0, 0.05) is 19.1 Å². The zero-order chi connectivity index (χ0) is 17.3. The minimum atomic E-state index is -3.53. The molecule has 1 aromatic rings. The highest BCUT2D eigenvalue weighted by Gasteiger charge is 2.31. The van der Waals surface area contributed by atoms with Crippen LogP contribution in [0.3, 0.4) is 0 Å². The Morgan fingerprint density at radius 1 is 1.13 bits per heavy atom. The van der Waals surface area contributed by atoms with Crippen molar-refractivity contribution in [1.82, 2.24) is 9.03 Å². The van der Waals surface area contributed by atoms with Gasteiger partial charge in [-0.25, -0.2) is 21.6 Å². The predicted molar refractivity (Wildman–Crippen MR) is 90.3 cm³/mol. The second kappa shape index (κ2) is 6.88. The summed E-state index contributed by atoms with van der Waals surface area (Å²) in [5.74, 6) is 0.0357. The zero-order valence-electron chi connectivity index (χ0n) is 13.7. The Morgan fingerprint density at radius 2 is 1.74 bits per heavy atom. The van der Waals surface area contributed by atoms with Crippen molar-refractivity contribution in [2.75, 3.05) is 18.8 Å². The molecule has 23 heavy (non-hydrogen) atoms. The first-order valence-corrected chi connectivity index (χ1v) is 10.8. The second-order valence-electron chi connectivity index (χ2n) is 5.97. The zero-order valence-corrected chi connectivity index (χ0v) is 15.4. The van der Waals surface area contributed by atoms with Crippen LogP contribution in [-0.4, -0.2) is 46.0 Å². The van der Waals surface area contributed by atoms with Gasteiger partial charge in [0.05, 0.1) is 10.6 Å². The number of rotatable bonds is 5. The molecular weight excluding hydrogens is 336 g/mol. The Kier molecular flexibility index (Phi) is 5.50. The first-order valence-electron chi connectivity index (χ1n) is 7.73. The van der Waals surface area contributed by atoms with Crippen LogP contribution in [-0.2, 0) is 20.0 Å². The molecule has 0 radical (unpaired) electrons. The van der Waals surface area contributed by atoms with E-state index in [1.165, 1.54) is 4.31 Å². The van der Waals surface area contributed by atoms with E-state index in [0.29, 0.717) is 30.8 Å². The Morgan fingerprint density at radius 3 is 2.30 bits per heavy atom. The number of nitrogens with zero attached hydrogens (tertiary/aromatic N) is 1. The van der Waals surface area contributed by atoms with Crippen molar-refractivity contribution < 1.29 is 16.8 Å². The standard InChI is InChI=1S/C15H24N2O4S2/c1-4-22(18,19)16-14-7-9-17(10-8-14)23(20,21)15-11-12(2)5-6-13(15)3/h5-6,11,14,16H,4,7-10H2,1-3H3. The van der Waals surface area contributed by atoms with E-state index in [4.69, 9.17) is 0 Å². The maximum Gasteiger partial charge on any atom is 0.243 e. The number of aryl methyl sites for hydroxylation is 2. The van der Waals surface area contributed by atoms with Crippen molar-refractivity contribution in [2.24, 2.45) is 0 Å². The Hall–Kier alpha value is -0.960. The molecule has 0 aliphatic carbocycles.